The quantitative estimate of drug-likeness (QED) is 0.841. The molecule has 0 aliphatic carbocycles. The summed E-state index contributed by atoms with van der Waals surface area (Å²) in [4.78, 5) is 0. The average Bonchev–Trinajstić information content (AvgIpc) is 2.29. The Morgan fingerprint density at radius 1 is 0.941 bits per heavy atom. The van der Waals surface area contributed by atoms with Gasteiger partial charge in [0.15, 0.2) is 0 Å². The van der Waals surface area contributed by atoms with Crippen LogP contribution in [-0.2, 0) is 0 Å². The Kier molecular flexibility index (Phi) is 3.20. The molecular formula is C14H13F2N. The summed E-state index contributed by atoms with van der Waals surface area (Å²) in [6.07, 6.45) is 0. The lowest BCUT2D eigenvalue weighted by molar-refractivity contribution is 0.626. The molecule has 0 radical (unpaired) electrons. The van der Waals surface area contributed by atoms with E-state index in [9.17, 15) is 8.78 Å². The van der Waals surface area contributed by atoms with Gasteiger partial charge in [0, 0.05) is 6.04 Å². The summed E-state index contributed by atoms with van der Waals surface area (Å²) in [5, 5.41) is 0. The first-order valence-electron chi connectivity index (χ1n) is 5.39. The van der Waals surface area contributed by atoms with E-state index in [1.165, 1.54) is 24.3 Å². The van der Waals surface area contributed by atoms with Crippen molar-refractivity contribution in [3.8, 4) is 11.1 Å². The number of rotatable bonds is 2. The van der Waals surface area contributed by atoms with Gasteiger partial charge in [-0.15, -0.1) is 0 Å². The van der Waals surface area contributed by atoms with Crippen LogP contribution in [0.3, 0.4) is 0 Å². The van der Waals surface area contributed by atoms with E-state index >= 15 is 0 Å². The van der Waals surface area contributed by atoms with Crippen LogP contribution in [0.15, 0.2) is 42.5 Å². The molecule has 2 rings (SSSR count). The van der Waals surface area contributed by atoms with Crippen LogP contribution < -0.4 is 5.73 Å². The Bertz CT molecular complexity index is 518. The second-order valence-electron chi connectivity index (χ2n) is 4.03. The molecule has 17 heavy (non-hydrogen) atoms. The summed E-state index contributed by atoms with van der Waals surface area (Å²) >= 11 is 0. The monoisotopic (exact) mass is 233 g/mol. The van der Waals surface area contributed by atoms with Crippen molar-refractivity contribution in [1.82, 2.24) is 0 Å². The standard InChI is InChI=1S/C14H13F2N/c1-9(17)13-7-6-12(16)8-14(13)10-2-4-11(15)5-3-10/h2-9H,17H2,1H3. The Hall–Kier alpha value is -1.74. The molecule has 0 aromatic heterocycles. The number of hydrogen-bond donors (Lipinski definition) is 1. The minimum Gasteiger partial charge on any atom is -0.324 e. The van der Waals surface area contributed by atoms with Gasteiger partial charge in [0.2, 0.25) is 0 Å². The fourth-order valence-electron chi connectivity index (χ4n) is 1.81. The van der Waals surface area contributed by atoms with Crippen molar-refractivity contribution < 1.29 is 8.78 Å². The van der Waals surface area contributed by atoms with Gasteiger partial charge in [0.25, 0.3) is 0 Å². The highest BCUT2D eigenvalue weighted by atomic mass is 19.1. The third-order valence-electron chi connectivity index (χ3n) is 2.66. The van der Waals surface area contributed by atoms with Gasteiger partial charge in [0.05, 0.1) is 0 Å². The highest BCUT2D eigenvalue weighted by Gasteiger charge is 2.10. The summed E-state index contributed by atoms with van der Waals surface area (Å²) in [7, 11) is 0. The lowest BCUT2D eigenvalue weighted by Crippen LogP contribution is -2.06. The van der Waals surface area contributed by atoms with Crippen molar-refractivity contribution >= 4 is 0 Å². The normalized spacial score (nSPS) is 12.5. The fourth-order valence-corrected chi connectivity index (χ4v) is 1.81. The lowest BCUT2D eigenvalue weighted by atomic mass is 9.96. The maximum absolute atomic E-state index is 13.3. The molecule has 1 atom stereocenters. The Morgan fingerprint density at radius 2 is 1.53 bits per heavy atom. The molecule has 0 bridgehead atoms. The van der Waals surface area contributed by atoms with Crippen LogP contribution in [0, 0.1) is 11.6 Å². The highest BCUT2D eigenvalue weighted by molar-refractivity contribution is 5.68. The van der Waals surface area contributed by atoms with Gasteiger partial charge in [-0.2, -0.15) is 0 Å². The van der Waals surface area contributed by atoms with E-state index in [2.05, 4.69) is 0 Å². The first kappa shape index (κ1) is 11.7. The number of benzene rings is 2. The average molecular weight is 233 g/mol. The molecule has 0 saturated carbocycles. The molecule has 0 heterocycles. The van der Waals surface area contributed by atoms with E-state index in [1.807, 2.05) is 6.92 Å². The van der Waals surface area contributed by atoms with Gasteiger partial charge in [0.1, 0.15) is 11.6 Å². The minimum absolute atomic E-state index is 0.198. The fraction of sp³-hybridized carbons (Fsp3) is 0.143. The number of hydrogen-bond acceptors (Lipinski definition) is 1. The predicted molar refractivity (Wildman–Crippen MR) is 64.4 cm³/mol. The largest absolute Gasteiger partial charge is 0.324 e. The van der Waals surface area contributed by atoms with Crippen LogP contribution in [0.5, 0.6) is 0 Å². The molecule has 0 saturated heterocycles. The van der Waals surface area contributed by atoms with Gasteiger partial charge >= 0.3 is 0 Å². The van der Waals surface area contributed by atoms with Crippen LogP contribution in [0.4, 0.5) is 8.78 Å². The molecule has 1 nitrogen and oxygen atoms in total. The Balaban J connectivity index is 2.56. The number of nitrogens with two attached hydrogens (primary N) is 1. The summed E-state index contributed by atoms with van der Waals surface area (Å²) in [5.41, 5.74) is 8.15. The molecule has 2 aromatic rings. The van der Waals surface area contributed by atoms with E-state index in [0.717, 1.165) is 11.1 Å². The van der Waals surface area contributed by atoms with Crippen LogP contribution in [0.2, 0.25) is 0 Å². The first-order valence-corrected chi connectivity index (χ1v) is 5.39. The van der Waals surface area contributed by atoms with Gasteiger partial charge in [-0.1, -0.05) is 18.2 Å². The maximum atomic E-state index is 13.3. The Labute approximate surface area is 98.9 Å². The van der Waals surface area contributed by atoms with E-state index in [0.29, 0.717) is 5.56 Å². The molecule has 3 heteroatoms. The lowest BCUT2D eigenvalue weighted by Gasteiger charge is -2.13. The summed E-state index contributed by atoms with van der Waals surface area (Å²) in [6.45, 7) is 1.83. The van der Waals surface area contributed by atoms with Crippen molar-refractivity contribution in [3.63, 3.8) is 0 Å². The van der Waals surface area contributed by atoms with E-state index in [1.54, 1.807) is 18.2 Å². The molecule has 0 spiro atoms. The van der Waals surface area contributed by atoms with E-state index < -0.39 is 0 Å². The molecular weight excluding hydrogens is 220 g/mol. The predicted octanol–water partition coefficient (Wildman–Crippen LogP) is 3.65. The summed E-state index contributed by atoms with van der Waals surface area (Å²) < 4.78 is 26.1. The Morgan fingerprint density at radius 3 is 2.12 bits per heavy atom. The SMILES string of the molecule is CC(N)c1ccc(F)cc1-c1ccc(F)cc1. The van der Waals surface area contributed by atoms with Gasteiger partial charge < -0.3 is 5.73 Å². The maximum Gasteiger partial charge on any atom is 0.123 e. The molecule has 2 aromatic carbocycles. The van der Waals surface area contributed by atoms with Crippen LogP contribution in [0.25, 0.3) is 11.1 Å². The van der Waals surface area contributed by atoms with Crippen molar-refractivity contribution in [2.45, 2.75) is 13.0 Å². The molecule has 0 fully saturated rings. The highest BCUT2D eigenvalue weighted by Crippen LogP contribution is 2.28. The zero-order valence-electron chi connectivity index (χ0n) is 9.45. The molecule has 2 N–H and O–H groups in total. The topological polar surface area (TPSA) is 26.0 Å². The molecule has 1 unspecified atom stereocenters. The van der Waals surface area contributed by atoms with Gasteiger partial charge in [-0.3, -0.25) is 0 Å². The smallest absolute Gasteiger partial charge is 0.123 e. The third-order valence-corrected chi connectivity index (χ3v) is 2.66. The molecule has 0 aliphatic heterocycles. The summed E-state index contributed by atoms with van der Waals surface area (Å²) in [5.74, 6) is -0.638. The van der Waals surface area contributed by atoms with Crippen LogP contribution in [0.1, 0.15) is 18.5 Å². The van der Waals surface area contributed by atoms with Gasteiger partial charge in [-0.25, -0.2) is 8.78 Å². The van der Waals surface area contributed by atoms with Crippen LogP contribution >= 0.6 is 0 Å². The molecule has 88 valence electrons. The summed E-state index contributed by atoms with van der Waals surface area (Å²) in [6, 6.07) is 10.2. The zero-order valence-corrected chi connectivity index (χ0v) is 9.45. The minimum atomic E-state index is -0.325. The van der Waals surface area contributed by atoms with Crippen molar-refractivity contribution in [2.24, 2.45) is 5.73 Å². The molecule has 0 aliphatic rings. The third kappa shape index (κ3) is 2.50. The second-order valence-corrected chi connectivity index (χ2v) is 4.03. The zero-order chi connectivity index (χ0) is 12.4. The second kappa shape index (κ2) is 4.63. The van der Waals surface area contributed by atoms with Gasteiger partial charge in [-0.05, 0) is 47.9 Å². The number of halogens is 2. The van der Waals surface area contributed by atoms with Crippen molar-refractivity contribution in [2.75, 3.05) is 0 Å². The van der Waals surface area contributed by atoms with E-state index in [4.69, 9.17) is 5.73 Å². The van der Waals surface area contributed by atoms with E-state index in [-0.39, 0.29) is 17.7 Å². The van der Waals surface area contributed by atoms with Crippen molar-refractivity contribution in [1.29, 1.82) is 0 Å². The molecule has 0 amide bonds. The van der Waals surface area contributed by atoms with Crippen LogP contribution in [-0.4, -0.2) is 0 Å². The first-order chi connectivity index (χ1) is 8.08. The van der Waals surface area contributed by atoms with Crippen molar-refractivity contribution in [3.05, 3.63) is 59.7 Å².